The molecule has 0 fully saturated rings. The van der Waals surface area contributed by atoms with E-state index in [9.17, 15) is 0 Å². The summed E-state index contributed by atoms with van der Waals surface area (Å²) in [6.45, 7) is 12.5. The number of rotatable bonds is 3. The fourth-order valence-electron chi connectivity index (χ4n) is 0.500. The van der Waals surface area contributed by atoms with Crippen molar-refractivity contribution in [1.29, 1.82) is 0 Å². The van der Waals surface area contributed by atoms with Gasteiger partial charge in [-0.15, -0.1) is 0 Å². The molecule has 0 aromatic carbocycles. The van der Waals surface area contributed by atoms with Crippen LogP contribution in [0.15, 0.2) is 0 Å². The third-order valence-electron chi connectivity index (χ3n) is 0.957. The minimum absolute atomic E-state index is 0. The van der Waals surface area contributed by atoms with Crippen molar-refractivity contribution in [2.75, 3.05) is 0 Å². The normalized spacial score (nSPS) is 5.50. The molecule has 0 nitrogen and oxygen atoms in total. The van der Waals surface area contributed by atoms with Gasteiger partial charge in [0, 0.05) is 0 Å². The van der Waals surface area contributed by atoms with Gasteiger partial charge in [0.15, 0.2) is 0 Å². The molecule has 0 heteroatoms. The van der Waals surface area contributed by atoms with Gasteiger partial charge in [-0.3, -0.25) is 0 Å². The van der Waals surface area contributed by atoms with Crippen LogP contribution in [-0.2, 0) is 0 Å². The second-order valence-electron chi connectivity index (χ2n) is 1.71. The Bertz CT molecular complexity index is 12.0. The molecular formula is C12H34. The van der Waals surface area contributed by atoms with E-state index in [0.29, 0.717) is 0 Å². The molecule has 0 amide bonds. The summed E-state index contributed by atoms with van der Waals surface area (Å²) in [6.07, 6.45) is 5.54. The van der Waals surface area contributed by atoms with E-state index in [2.05, 4.69) is 13.8 Å². The van der Waals surface area contributed by atoms with E-state index in [4.69, 9.17) is 0 Å². The standard InChI is InChI=1S/C6H14.2C2H6.2CH4/c1-3-5-6-4-2;2*1-2;;/h3-6H2,1-2H3;2*1-2H3;2*1H4. The molecule has 12 heavy (non-hydrogen) atoms. The highest BCUT2D eigenvalue weighted by Gasteiger charge is 1.75. The Morgan fingerprint density at radius 2 is 0.750 bits per heavy atom. The summed E-state index contributed by atoms with van der Waals surface area (Å²) in [5, 5.41) is 0. The minimum atomic E-state index is 0. The predicted molar refractivity (Wildman–Crippen MR) is 66.0 cm³/mol. The van der Waals surface area contributed by atoms with Crippen LogP contribution >= 0.6 is 0 Å². The Labute approximate surface area is 82.8 Å². The van der Waals surface area contributed by atoms with E-state index < -0.39 is 0 Å². The number of hydrogen-bond acceptors (Lipinski definition) is 0. The van der Waals surface area contributed by atoms with Crippen molar-refractivity contribution in [1.82, 2.24) is 0 Å². The Morgan fingerprint density at radius 1 is 0.583 bits per heavy atom. The highest BCUT2D eigenvalue weighted by atomic mass is 13.8. The highest BCUT2D eigenvalue weighted by Crippen LogP contribution is 1.95. The molecule has 82 valence electrons. The quantitative estimate of drug-likeness (QED) is 0.471. The van der Waals surface area contributed by atoms with Gasteiger partial charge in [-0.25, -0.2) is 0 Å². The predicted octanol–water partition coefficient (Wildman–Crippen LogP) is 5.91. The van der Waals surface area contributed by atoms with Crippen molar-refractivity contribution in [2.45, 2.75) is 82.1 Å². The first kappa shape index (κ1) is 29.6. The van der Waals surface area contributed by atoms with Crippen LogP contribution in [0.25, 0.3) is 0 Å². The highest BCUT2D eigenvalue weighted by molar-refractivity contribution is 4.31. The molecule has 0 unspecified atom stereocenters. The molecule has 0 aromatic heterocycles. The van der Waals surface area contributed by atoms with Crippen molar-refractivity contribution in [3.63, 3.8) is 0 Å². The minimum Gasteiger partial charge on any atom is -0.0776 e. The van der Waals surface area contributed by atoms with Crippen molar-refractivity contribution in [3.8, 4) is 0 Å². The average molecular weight is 178 g/mol. The third kappa shape index (κ3) is 90.0. The van der Waals surface area contributed by atoms with Crippen LogP contribution < -0.4 is 0 Å². The van der Waals surface area contributed by atoms with Crippen molar-refractivity contribution < 1.29 is 0 Å². The van der Waals surface area contributed by atoms with Gasteiger partial charge < -0.3 is 0 Å². The van der Waals surface area contributed by atoms with Gasteiger partial charge in [0.2, 0.25) is 0 Å². The van der Waals surface area contributed by atoms with Gasteiger partial charge in [-0.2, -0.15) is 0 Å². The maximum absolute atomic E-state index is 2.23. The number of hydrogen-bond donors (Lipinski definition) is 0. The summed E-state index contributed by atoms with van der Waals surface area (Å²) >= 11 is 0. The van der Waals surface area contributed by atoms with E-state index in [1.54, 1.807) is 0 Å². The topological polar surface area (TPSA) is 0 Å². The van der Waals surface area contributed by atoms with Crippen LogP contribution in [0.1, 0.15) is 82.1 Å². The number of unbranched alkanes of at least 4 members (excludes halogenated alkanes) is 3. The lowest BCUT2D eigenvalue weighted by atomic mass is 10.2. The molecule has 0 spiro atoms. The average Bonchev–Trinajstić information content (AvgIpc) is 2.08. The van der Waals surface area contributed by atoms with Gasteiger partial charge in [-0.1, -0.05) is 82.1 Å². The summed E-state index contributed by atoms with van der Waals surface area (Å²) < 4.78 is 0. The second kappa shape index (κ2) is 68.8. The molecule has 0 radical (unpaired) electrons. The van der Waals surface area contributed by atoms with Gasteiger partial charge >= 0.3 is 0 Å². The maximum Gasteiger partial charge on any atom is -0.0536 e. The zero-order valence-corrected chi connectivity index (χ0v) is 8.83. The molecule has 0 atom stereocenters. The van der Waals surface area contributed by atoms with Crippen LogP contribution in [0.5, 0.6) is 0 Å². The second-order valence-corrected chi connectivity index (χ2v) is 1.71. The largest absolute Gasteiger partial charge is 0.0776 e. The molecule has 0 heterocycles. The van der Waals surface area contributed by atoms with Gasteiger partial charge in [0.1, 0.15) is 0 Å². The summed E-state index contributed by atoms with van der Waals surface area (Å²) in [7, 11) is 0. The van der Waals surface area contributed by atoms with E-state index in [0.717, 1.165) is 0 Å². The first-order chi connectivity index (χ1) is 4.91. The smallest absolute Gasteiger partial charge is 0.0536 e. The lowest BCUT2D eigenvalue weighted by Gasteiger charge is -1.86. The van der Waals surface area contributed by atoms with Crippen LogP contribution in [0.2, 0.25) is 0 Å². The molecule has 0 aliphatic carbocycles. The van der Waals surface area contributed by atoms with E-state index >= 15 is 0 Å². The lowest BCUT2D eigenvalue weighted by molar-refractivity contribution is 0.702. The van der Waals surface area contributed by atoms with Crippen LogP contribution in [0, 0.1) is 0 Å². The zero-order valence-electron chi connectivity index (χ0n) is 8.83. The molecule has 0 bridgehead atoms. The Morgan fingerprint density at radius 3 is 0.833 bits per heavy atom. The van der Waals surface area contributed by atoms with E-state index in [-0.39, 0.29) is 14.9 Å². The van der Waals surface area contributed by atoms with Crippen LogP contribution in [0.3, 0.4) is 0 Å². The van der Waals surface area contributed by atoms with Crippen molar-refractivity contribution in [3.05, 3.63) is 0 Å². The fourth-order valence-corrected chi connectivity index (χ4v) is 0.500. The maximum atomic E-state index is 2.23. The van der Waals surface area contributed by atoms with E-state index in [1.165, 1.54) is 25.7 Å². The zero-order chi connectivity index (χ0) is 8.83. The lowest BCUT2D eigenvalue weighted by Crippen LogP contribution is -1.66. The summed E-state index contributed by atoms with van der Waals surface area (Å²) in [4.78, 5) is 0. The Kier molecular flexibility index (Phi) is 170. The summed E-state index contributed by atoms with van der Waals surface area (Å²) in [5.41, 5.74) is 0. The first-order valence-electron chi connectivity index (χ1n) is 4.91. The van der Waals surface area contributed by atoms with Crippen molar-refractivity contribution >= 4 is 0 Å². The SMILES string of the molecule is C.C.CC.CC.CCCCCC. The molecule has 0 aromatic rings. The molecular weight excluding hydrogens is 144 g/mol. The Hall–Kier alpha value is 0. The molecule has 0 aliphatic heterocycles. The fraction of sp³-hybridized carbons (Fsp3) is 1.00. The molecule has 0 saturated carbocycles. The van der Waals surface area contributed by atoms with E-state index in [1.807, 2.05) is 27.7 Å². The molecule has 0 rings (SSSR count). The summed E-state index contributed by atoms with van der Waals surface area (Å²) in [6, 6.07) is 0. The molecule has 0 saturated heterocycles. The van der Waals surface area contributed by atoms with Crippen LogP contribution in [0.4, 0.5) is 0 Å². The molecule has 0 N–H and O–H groups in total. The Balaban J connectivity index is -0.0000000241. The molecule has 0 aliphatic rings. The van der Waals surface area contributed by atoms with Gasteiger partial charge in [0.25, 0.3) is 0 Å². The van der Waals surface area contributed by atoms with Gasteiger partial charge in [-0.05, 0) is 0 Å². The van der Waals surface area contributed by atoms with Crippen LogP contribution in [-0.4, -0.2) is 0 Å². The third-order valence-corrected chi connectivity index (χ3v) is 0.957. The van der Waals surface area contributed by atoms with Gasteiger partial charge in [0.05, 0.1) is 0 Å². The monoisotopic (exact) mass is 178 g/mol. The first-order valence-corrected chi connectivity index (χ1v) is 4.91. The summed E-state index contributed by atoms with van der Waals surface area (Å²) in [5.74, 6) is 0. The van der Waals surface area contributed by atoms with Crippen molar-refractivity contribution in [2.24, 2.45) is 0 Å².